The summed E-state index contributed by atoms with van der Waals surface area (Å²) >= 11 is 0. The standard InChI is InChI=1S/C12H16FNO2/c1-15-10-4-2-3-9(7-13)12(10)11-8-14-5-6-16-11/h2-4,11,14H,5-8H2,1H3. The van der Waals surface area contributed by atoms with Gasteiger partial charge in [-0.05, 0) is 11.6 Å². The van der Waals surface area contributed by atoms with E-state index in [1.807, 2.05) is 6.07 Å². The number of hydrogen-bond acceptors (Lipinski definition) is 3. The average Bonchev–Trinajstić information content (AvgIpc) is 2.38. The minimum atomic E-state index is -0.494. The molecule has 1 aliphatic rings. The molecule has 0 bridgehead atoms. The summed E-state index contributed by atoms with van der Waals surface area (Å²) in [6.45, 7) is 1.70. The van der Waals surface area contributed by atoms with Gasteiger partial charge in [0.1, 0.15) is 12.4 Å². The molecule has 0 saturated carbocycles. The van der Waals surface area contributed by atoms with Crippen molar-refractivity contribution in [1.82, 2.24) is 5.32 Å². The van der Waals surface area contributed by atoms with E-state index in [-0.39, 0.29) is 6.10 Å². The summed E-state index contributed by atoms with van der Waals surface area (Å²) in [4.78, 5) is 0. The Morgan fingerprint density at radius 2 is 2.44 bits per heavy atom. The van der Waals surface area contributed by atoms with E-state index < -0.39 is 6.67 Å². The van der Waals surface area contributed by atoms with Crippen molar-refractivity contribution in [3.05, 3.63) is 29.3 Å². The zero-order valence-electron chi connectivity index (χ0n) is 9.33. The summed E-state index contributed by atoms with van der Waals surface area (Å²) in [5, 5.41) is 3.23. The Morgan fingerprint density at radius 1 is 1.56 bits per heavy atom. The number of ether oxygens (including phenoxy) is 2. The molecular formula is C12H16FNO2. The highest BCUT2D eigenvalue weighted by Gasteiger charge is 2.22. The van der Waals surface area contributed by atoms with Gasteiger partial charge in [-0.2, -0.15) is 0 Å². The molecule has 3 nitrogen and oxygen atoms in total. The van der Waals surface area contributed by atoms with Crippen LogP contribution in [0, 0.1) is 0 Å². The van der Waals surface area contributed by atoms with Gasteiger partial charge in [-0.1, -0.05) is 12.1 Å². The minimum Gasteiger partial charge on any atom is -0.496 e. The number of hydrogen-bond donors (Lipinski definition) is 1. The monoisotopic (exact) mass is 225 g/mol. The fourth-order valence-corrected chi connectivity index (χ4v) is 2.00. The zero-order valence-corrected chi connectivity index (χ0v) is 9.33. The summed E-state index contributed by atoms with van der Waals surface area (Å²) in [5.74, 6) is 0.698. The van der Waals surface area contributed by atoms with Gasteiger partial charge in [0.2, 0.25) is 0 Å². The van der Waals surface area contributed by atoms with Crippen molar-refractivity contribution in [2.45, 2.75) is 12.8 Å². The molecule has 1 atom stereocenters. The Bertz CT molecular complexity index is 329. The smallest absolute Gasteiger partial charge is 0.125 e. The van der Waals surface area contributed by atoms with Crippen LogP contribution in [0.1, 0.15) is 17.2 Å². The Kier molecular flexibility index (Phi) is 3.74. The zero-order chi connectivity index (χ0) is 11.4. The van der Waals surface area contributed by atoms with Gasteiger partial charge in [0, 0.05) is 18.7 Å². The van der Waals surface area contributed by atoms with Crippen LogP contribution in [-0.2, 0) is 11.4 Å². The van der Waals surface area contributed by atoms with E-state index in [2.05, 4.69) is 5.32 Å². The molecule has 1 aromatic rings. The van der Waals surface area contributed by atoms with Gasteiger partial charge in [-0.15, -0.1) is 0 Å². The molecule has 0 amide bonds. The number of alkyl halides is 1. The van der Waals surface area contributed by atoms with Crippen LogP contribution in [0.4, 0.5) is 4.39 Å². The molecule has 0 aromatic heterocycles. The topological polar surface area (TPSA) is 30.5 Å². The Morgan fingerprint density at radius 3 is 3.06 bits per heavy atom. The number of morpholine rings is 1. The molecule has 0 radical (unpaired) electrons. The molecule has 1 saturated heterocycles. The first-order valence-electron chi connectivity index (χ1n) is 5.41. The van der Waals surface area contributed by atoms with E-state index >= 15 is 0 Å². The van der Waals surface area contributed by atoms with E-state index in [9.17, 15) is 4.39 Å². The molecule has 1 N–H and O–H groups in total. The van der Waals surface area contributed by atoms with Crippen molar-refractivity contribution in [2.24, 2.45) is 0 Å². The third kappa shape index (κ3) is 2.18. The Balaban J connectivity index is 2.34. The van der Waals surface area contributed by atoms with Gasteiger partial charge in [0.05, 0.1) is 19.8 Å². The Labute approximate surface area is 94.6 Å². The number of nitrogens with one attached hydrogen (secondary N) is 1. The maximum absolute atomic E-state index is 12.9. The number of benzene rings is 1. The molecule has 1 fully saturated rings. The van der Waals surface area contributed by atoms with Crippen molar-refractivity contribution in [1.29, 1.82) is 0 Å². The highest BCUT2D eigenvalue weighted by atomic mass is 19.1. The lowest BCUT2D eigenvalue weighted by Gasteiger charge is -2.26. The predicted octanol–water partition coefficient (Wildman–Crippen LogP) is 1.83. The van der Waals surface area contributed by atoms with Crippen LogP contribution in [0.2, 0.25) is 0 Å². The molecule has 4 heteroatoms. The van der Waals surface area contributed by atoms with Crippen molar-refractivity contribution >= 4 is 0 Å². The van der Waals surface area contributed by atoms with Crippen molar-refractivity contribution < 1.29 is 13.9 Å². The molecule has 2 rings (SSSR count). The SMILES string of the molecule is COc1cccc(CF)c1C1CNCCO1. The van der Waals surface area contributed by atoms with Crippen molar-refractivity contribution in [2.75, 3.05) is 26.8 Å². The first kappa shape index (κ1) is 11.4. The molecule has 1 aromatic carbocycles. The third-order valence-electron chi connectivity index (χ3n) is 2.77. The Hall–Kier alpha value is -1.13. The lowest BCUT2D eigenvalue weighted by Crippen LogP contribution is -2.34. The summed E-state index contributed by atoms with van der Waals surface area (Å²) in [6.07, 6.45) is -0.115. The van der Waals surface area contributed by atoms with Crippen molar-refractivity contribution in [3.63, 3.8) is 0 Å². The minimum absolute atomic E-state index is 0.115. The number of methoxy groups -OCH3 is 1. The molecule has 1 heterocycles. The summed E-state index contributed by atoms with van der Waals surface area (Å²) < 4.78 is 23.8. The summed E-state index contributed by atoms with van der Waals surface area (Å²) in [7, 11) is 1.59. The first-order chi connectivity index (χ1) is 7.86. The number of halogens is 1. The van der Waals surface area contributed by atoms with Crippen LogP contribution in [0.15, 0.2) is 18.2 Å². The molecular weight excluding hydrogens is 209 g/mol. The largest absolute Gasteiger partial charge is 0.496 e. The molecule has 1 unspecified atom stereocenters. The van der Waals surface area contributed by atoms with Gasteiger partial charge >= 0.3 is 0 Å². The second kappa shape index (κ2) is 5.27. The normalized spacial score (nSPS) is 20.8. The fraction of sp³-hybridized carbons (Fsp3) is 0.500. The quantitative estimate of drug-likeness (QED) is 0.851. The average molecular weight is 225 g/mol. The summed E-state index contributed by atoms with van der Waals surface area (Å²) in [6, 6.07) is 5.41. The first-order valence-corrected chi connectivity index (χ1v) is 5.41. The molecule has 16 heavy (non-hydrogen) atoms. The van der Waals surface area contributed by atoms with E-state index in [1.165, 1.54) is 0 Å². The fourth-order valence-electron chi connectivity index (χ4n) is 2.00. The maximum Gasteiger partial charge on any atom is 0.125 e. The maximum atomic E-state index is 12.9. The second-order valence-corrected chi connectivity index (χ2v) is 3.73. The van der Waals surface area contributed by atoms with E-state index in [1.54, 1.807) is 19.2 Å². The highest BCUT2D eigenvalue weighted by Crippen LogP contribution is 2.32. The molecule has 88 valence electrons. The van der Waals surface area contributed by atoms with Gasteiger partial charge in [0.25, 0.3) is 0 Å². The third-order valence-corrected chi connectivity index (χ3v) is 2.77. The predicted molar refractivity (Wildman–Crippen MR) is 59.4 cm³/mol. The lowest BCUT2D eigenvalue weighted by atomic mass is 10.0. The molecule has 1 aliphatic heterocycles. The van der Waals surface area contributed by atoms with Gasteiger partial charge in [-0.25, -0.2) is 4.39 Å². The van der Waals surface area contributed by atoms with Crippen LogP contribution in [0.25, 0.3) is 0 Å². The van der Waals surface area contributed by atoms with Crippen LogP contribution in [0.3, 0.4) is 0 Å². The van der Waals surface area contributed by atoms with E-state index in [4.69, 9.17) is 9.47 Å². The van der Waals surface area contributed by atoms with Crippen molar-refractivity contribution in [3.8, 4) is 5.75 Å². The number of rotatable bonds is 3. The molecule has 0 aliphatic carbocycles. The van der Waals surface area contributed by atoms with E-state index in [0.29, 0.717) is 24.5 Å². The van der Waals surface area contributed by atoms with Crippen LogP contribution < -0.4 is 10.1 Å². The van der Waals surface area contributed by atoms with Gasteiger partial charge in [-0.3, -0.25) is 0 Å². The van der Waals surface area contributed by atoms with E-state index in [0.717, 1.165) is 12.1 Å². The van der Waals surface area contributed by atoms with Gasteiger partial charge < -0.3 is 14.8 Å². The lowest BCUT2D eigenvalue weighted by molar-refractivity contribution is 0.0254. The van der Waals surface area contributed by atoms with Crippen LogP contribution in [-0.4, -0.2) is 26.8 Å². The molecule has 0 spiro atoms. The van der Waals surface area contributed by atoms with Crippen LogP contribution in [0.5, 0.6) is 5.75 Å². The highest BCUT2D eigenvalue weighted by molar-refractivity contribution is 5.42. The second-order valence-electron chi connectivity index (χ2n) is 3.73. The van der Waals surface area contributed by atoms with Gasteiger partial charge in [0.15, 0.2) is 0 Å². The van der Waals surface area contributed by atoms with Crippen LogP contribution >= 0.6 is 0 Å². The summed E-state index contributed by atoms with van der Waals surface area (Å²) in [5.41, 5.74) is 1.48.